The maximum Gasteiger partial charge on any atom is 0.163 e. The fraction of sp³-hybridized carbons (Fsp3) is 0.333. The maximum absolute atomic E-state index is 9.41. The molecule has 2 rings (SSSR count). The summed E-state index contributed by atoms with van der Waals surface area (Å²) in [5.41, 5.74) is 0.919. The number of hydrogen-bond donors (Lipinski definition) is 4. The highest BCUT2D eigenvalue weighted by molar-refractivity contribution is 5.61. The first-order valence-corrected chi connectivity index (χ1v) is 6.94. The molecule has 2 aromatic rings. The van der Waals surface area contributed by atoms with Gasteiger partial charge in [0.25, 0.3) is 0 Å². The number of aromatic nitrogens is 2. The van der Waals surface area contributed by atoms with E-state index in [1.165, 1.54) is 0 Å². The molecule has 6 nitrogen and oxygen atoms in total. The zero-order valence-electron chi connectivity index (χ0n) is 12.0. The first-order chi connectivity index (χ1) is 10.2. The van der Waals surface area contributed by atoms with Gasteiger partial charge in [-0.2, -0.15) is 0 Å². The van der Waals surface area contributed by atoms with Crippen molar-refractivity contribution < 1.29 is 10.2 Å². The molecule has 0 aliphatic heterocycles. The molecule has 112 valence electrons. The van der Waals surface area contributed by atoms with E-state index in [2.05, 4.69) is 20.6 Å². The van der Waals surface area contributed by atoms with Gasteiger partial charge in [0.15, 0.2) is 5.82 Å². The van der Waals surface area contributed by atoms with Gasteiger partial charge in [0.2, 0.25) is 0 Å². The molecule has 0 spiro atoms. The highest BCUT2D eigenvalue weighted by Crippen LogP contribution is 2.20. The van der Waals surface area contributed by atoms with Crippen LogP contribution in [-0.2, 0) is 0 Å². The molecule has 0 bridgehead atoms. The average Bonchev–Trinajstić information content (AvgIpc) is 2.53. The molecule has 1 unspecified atom stereocenters. The van der Waals surface area contributed by atoms with Gasteiger partial charge in [-0.15, -0.1) is 0 Å². The van der Waals surface area contributed by atoms with Gasteiger partial charge in [-0.25, -0.2) is 9.97 Å². The van der Waals surface area contributed by atoms with Gasteiger partial charge in [-0.1, -0.05) is 30.3 Å². The lowest BCUT2D eigenvalue weighted by atomic mass is 10.2. The van der Waals surface area contributed by atoms with Gasteiger partial charge in [-0.3, -0.25) is 0 Å². The molecule has 1 atom stereocenters. The minimum Gasteiger partial charge on any atom is -0.394 e. The minimum atomic E-state index is -0.817. The summed E-state index contributed by atoms with van der Waals surface area (Å²) in [6.45, 7) is 2.69. The molecule has 0 aliphatic rings. The fourth-order valence-corrected chi connectivity index (χ4v) is 1.81. The number of anilines is 2. The van der Waals surface area contributed by atoms with Gasteiger partial charge in [0, 0.05) is 24.7 Å². The van der Waals surface area contributed by atoms with E-state index in [1.54, 1.807) is 6.07 Å². The van der Waals surface area contributed by atoms with Crippen molar-refractivity contribution in [2.75, 3.05) is 30.3 Å². The Labute approximate surface area is 123 Å². The van der Waals surface area contributed by atoms with E-state index in [1.807, 2.05) is 37.3 Å². The second kappa shape index (κ2) is 7.56. The van der Waals surface area contributed by atoms with Crippen molar-refractivity contribution in [3.8, 4) is 11.4 Å². The van der Waals surface area contributed by atoms with Crippen LogP contribution in [0.2, 0.25) is 0 Å². The second-order valence-electron chi connectivity index (χ2n) is 4.58. The van der Waals surface area contributed by atoms with Gasteiger partial charge in [0.05, 0.1) is 12.7 Å². The molecule has 4 N–H and O–H groups in total. The quantitative estimate of drug-likeness (QED) is 0.615. The Morgan fingerprint density at radius 3 is 2.38 bits per heavy atom. The molecule has 1 aromatic carbocycles. The van der Waals surface area contributed by atoms with Crippen molar-refractivity contribution in [3.05, 3.63) is 36.4 Å². The average molecular weight is 288 g/mol. The van der Waals surface area contributed by atoms with Crippen molar-refractivity contribution in [1.29, 1.82) is 0 Å². The molecule has 0 fully saturated rings. The van der Waals surface area contributed by atoms with Crippen molar-refractivity contribution in [2.45, 2.75) is 13.0 Å². The van der Waals surface area contributed by atoms with Crippen LogP contribution in [0.4, 0.5) is 11.6 Å². The van der Waals surface area contributed by atoms with Crippen LogP contribution in [0.15, 0.2) is 36.4 Å². The van der Waals surface area contributed by atoms with Gasteiger partial charge >= 0.3 is 0 Å². The minimum absolute atomic E-state index is 0.229. The number of benzene rings is 1. The van der Waals surface area contributed by atoms with Crippen LogP contribution in [0.3, 0.4) is 0 Å². The second-order valence-corrected chi connectivity index (χ2v) is 4.58. The molecule has 21 heavy (non-hydrogen) atoms. The van der Waals surface area contributed by atoms with Crippen LogP contribution in [0.25, 0.3) is 11.4 Å². The third kappa shape index (κ3) is 4.40. The van der Waals surface area contributed by atoms with E-state index in [4.69, 9.17) is 5.11 Å². The van der Waals surface area contributed by atoms with E-state index in [0.717, 1.165) is 12.1 Å². The Kier molecular flexibility index (Phi) is 5.48. The summed E-state index contributed by atoms with van der Waals surface area (Å²) >= 11 is 0. The van der Waals surface area contributed by atoms with E-state index in [-0.39, 0.29) is 13.2 Å². The number of nitrogens with one attached hydrogen (secondary N) is 2. The summed E-state index contributed by atoms with van der Waals surface area (Å²) in [5, 5.41) is 24.4. The Morgan fingerprint density at radius 1 is 1.10 bits per heavy atom. The molecule has 0 amide bonds. The first-order valence-electron chi connectivity index (χ1n) is 6.94. The van der Waals surface area contributed by atoms with Crippen LogP contribution in [0.5, 0.6) is 0 Å². The standard InChI is InChI=1S/C15H20N4O2/c1-2-16-13-8-14(17-9-12(21)10-20)19-15(18-13)11-6-4-3-5-7-11/h3-8,12,20-21H,2,9-10H2,1H3,(H2,16,17,18,19). The monoisotopic (exact) mass is 288 g/mol. The van der Waals surface area contributed by atoms with Gasteiger partial charge < -0.3 is 20.8 Å². The molecule has 0 radical (unpaired) electrons. The number of hydrogen-bond acceptors (Lipinski definition) is 6. The van der Waals surface area contributed by atoms with Gasteiger partial charge in [-0.05, 0) is 6.92 Å². The molecular formula is C15H20N4O2. The highest BCUT2D eigenvalue weighted by atomic mass is 16.3. The van der Waals surface area contributed by atoms with Crippen LogP contribution < -0.4 is 10.6 Å². The van der Waals surface area contributed by atoms with Crippen LogP contribution in [0.1, 0.15) is 6.92 Å². The van der Waals surface area contributed by atoms with Crippen LogP contribution in [0, 0.1) is 0 Å². The summed E-state index contributed by atoms with van der Waals surface area (Å²) in [6.07, 6.45) is -0.817. The zero-order chi connectivity index (χ0) is 15.1. The van der Waals surface area contributed by atoms with E-state index in [9.17, 15) is 5.11 Å². The molecule has 0 aliphatic carbocycles. The molecule has 0 saturated heterocycles. The molecule has 6 heteroatoms. The Bertz CT molecular complexity index is 563. The maximum atomic E-state index is 9.41. The number of rotatable bonds is 7. The zero-order valence-corrected chi connectivity index (χ0v) is 12.0. The van der Waals surface area contributed by atoms with E-state index >= 15 is 0 Å². The summed E-state index contributed by atoms with van der Waals surface area (Å²) in [4.78, 5) is 8.90. The number of aliphatic hydroxyl groups is 2. The summed E-state index contributed by atoms with van der Waals surface area (Å²) in [7, 11) is 0. The van der Waals surface area contributed by atoms with Crippen molar-refractivity contribution in [1.82, 2.24) is 9.97 Å². The van der Waals surface area contributed by atoms with Crippen molar-refractivity contribution in [3.63, 3.8) is 0 Å². The fourth-order valence-electron chi connectivity index (χ4n) is 1.81. The van der Waals surface area contributed by atoms with Crippen LogP contribution >= 0.6 is 0 Å². The molecule has 0 saturated carbocycles. The molecule has 1 aromatic heterocycles. The van der Waals surface area contributed by atoms with Crippen LogP contribution in [-0.4, -0.2) is 46.0 Å². The predicted molar refractivity (Wildman–Crippen MR) is 83.2 cm³/mol. The Morgan fingerprint density at radius 2 is 1.76 bits per heavy atom. The van der Waals surface area contributed by atoms with E-state index in [0.29, 0.717) is 17.5 Å². The third-order valence-corrected chi connectivity index (χ3v) is 2.85. The Balaban J connectivity index is 2.26. The smallest absolute Gasteiger partial charge is 0.163 e. The summed E-state index contributed by atoms with van der Waals surface area (Å²) in [6, 6.07) is 11.5. The SMILES string of the molecule is CCNc1cc(NCC(O)CO)nc(-c2ccccc2)n1. The van der Waals surface area contributed by atoms with Gasteiger partial charge in [0.1, 0.15) is 11.6 Å². The lowest BCUT2D eigenvalue weighted by Gasteiger charge is -2.12. The topological polar surface area (TPSA) is 90.3 Å². The summed E-state index contributed by atoms with van der Waals surface area (Å²) < 4.78 is 0. The van der Waals surface area contributed by atoms with E-state index < -0.39 is 6.10 Å². The number of nitrogens with zero attached hydrogens (tertiary/aromatic N) is 2. The van der Waals surface area contributed by atoms with Crippen molar-refractivity contribution >= 4 is 11.6 Å². The predicted octanol–water partition coefficient (Wildman–Crippen LogP) is 1.34. The highest BCUT2D eigenvalue weighted by Gasteiger charge is 2.08. The normalized spacial score (nSPS) is 12.0. The largest absolute Gasteiger partial charge is 0.394 e. The third-order valence-electron chi connectivity index (χ3n) is 2.85. The molecule has 1 heterocycles. The summed E-state index contributed by atoms with van der Waals surface area (Å²) in [5.74, 6) is 1.93. The lowest BCUT2D eigenvalue weighted by Crippen LogP contribution is -2.23. The molecular weight excluding hydrogens is 268 g/mol. The Hall–Kier alpha value is -2.18. The number of aliphatic hydroxyl groups excluding tert-OH is 2. The lowest BCUT2D eigenvalue weighted by molar-refractivity contribution is 0.105. The first kappa shape index (κ1) is 15.2. The van der Waals surface area contributed by atoms with Crippen molar-refractivity contribution in [2.24, 2.45) is 0 Å².